The maximum absolute atomic E-state index is 12.6. The number of hydrogen-bond acceptors (Lipinski definition) is 4. The third-order valence-corrected chi connectivity index (χ3v) is 6.18. The van der Waals surface area contributed by atoms with Crippen LogP contribution < -0.4 is 10.6 Å². The molecule has 3 rings (SSSR count). The molecule has 2 saturated heterocycles. The predicted octanol–water partition coefficient (Wildman–Crippen LogP) is -0.114. The van der Waals surface area contributed by atoms with Gasteiger partial charge >= 0.3 is 0 Å². The molecular formula is C14H19N3O3S. The Balaban J connectivity index is 1.80. The molecule has 7 heteroatoms. The fourth-order valence-corrected chi connectivity index (χ4v) is 4.63. The maximum atomic E-state index is 12.6. The number of nitrogens with zero attached hydrogens (tertiary/aromatic N) is 1. The Morgan fingerprint density at radius 2 is 1.76 bits per heavy atom. The molecule has 1 amide bonds. The zero-order valence-corrected chi connectivity index (χ0v) is 12.7. The highest BCUT2D eigenvalue weighted by Gasteiger charge is 2.41. The molecule has 114 valence electrons. The minimum absolute atomic E-state index is 0.222. The highest BCUT2D eigenvalue weighted by Crippen LogP contribution is 2.30. The third kappa shape index (κ3) is 2.56. The fourth-order valence-electron chi connectivity index (χ4n) is 3.08. The van der Waals surface area contributed by atoms with Gasteiger partial charge in [0.2, 0.25) is 10.0 Å². The summed E-state index contributed by atoms with van der Waals surface area (Å²) in [7, 11) is -1.91. The second kappa shape index (κ2) is 5.40. The average molecular weight is 309 g/mol. The smallest absolute Gasteiger partial charge is 0.251 e. The maximum Gasteiger partial charge on any atom is 0.251 e. The van der Waals surface area contributed by atoms with Gasteiger partial charge in [-0.3, -0.25) is 4.79 Å². The van der Waals surface area contributed by atoms with E-state index >= 15 is 0 Å². The molecule has 0 radical (unpaired) electrons. The zero-order chi connectivity index (χ0) is 15.0. The predicted molar refractivity (Wildman–Crippen MR) is 78.4 cm³/mol. The van der Waals surface area contributed by atoms with Crippen molar-refractivity contribution in [2.45, 2.75) is 4.90 Å². The van der Waals surface area contributed by atoms with Crippen LogP contribution >= 0.6 is 0 Å². The second-order valence-corrected chi connectivity index (χ2v) is 7.54. The van der Waals surface area contributed by atoms with Crippen molar-refractivity contribution in [1.29, 1.82) is 0 Å². The first-order chi connectivity index (χ1) is 10.0. The number of sulfonamides is 1. The summed E-state index contributed by atoms with van der Waals surface area (Å²) in [6.45, 7) is 2.95. The van der Waals surface area contributed by atoms with E-state index in [0.717, 1.165) is 13.1 Å². The third-order valence-electron chi connectivity index (χ3n) is 4.34. The van der Waals surface area contributed by atoms with Gasteiger partial charge in [0.25, 0.3) is 5.91 Å². The number of benzene rings is 1. The van der Waals surface area contributed by atoms with Crippen LogP contribution in [0.15, 0.2) is 29.2 Å². The number of carbonyl (C=O) groups is 1. The minimum Gasteiger partial charge on any atom is -0.355 e. The van der Waals surface area contributed by atoms with Crippen LogP contribution in [0.1, 0.15) is 10.4 Å². The van der Waals surface area contributed by atoms with Crippen LogP contribution in [0.3, 0.4) is 0 Å². The highest BCUT2D eigenvalue weighted by atomic mass is 32.2. The Labute approximate surface area is 124 Å². The van der Waals surface area contributed by atoms with E-state index in [2.05, 4.69) is 10.6 Å². The summed E-state index contributed by atoms with van der Waals surface area (Å²) >= 11 is 0. The summed E-state index contributed by atoms with van der Waals surface area (Å²) in [6.07, 6.45) is 0. The summed E-state index contributed by atoms with van der Waals surface area (Å²) in [5.74, 6) is 0.621. The molecule has 0 aromatic heterocycles. The van der Waals surface area contributed by atoms with Gasteiger partial charge in [0.1, 0.15) is 0 Å². The van der Waals surface area contributed by atoms with E-state index in [1.165, 1.54) is 12.1 Å². The molecule has 0 bridgehead atoms. The quantitative estimate of drug-likeness (QED) is 0.816. The molecule has 1 aromatic carbocycles. The zero-order valence-electron chi connectivity index (χ0n) is 11.9. The van der Waals surface area contributed by atoms with Gasteiger partial charge in [0.15, 0.2) is 0 Å². The van der Waals surface area contributed by atoms with E-state index in [9.17, 15) is 13.2 Å². The van der Waals surface area contributed by atoms with Crippen molar-refractivity contribution in [3.8, 4) is 0 Å². The van der Waals surface area contributed by atoms with Gasteiger partial charge in [-0.2, -0.15) is 4.31 Å². The molecule has 0 aliphatic carbocycles. The number of hydrogen-bond donors (Lipinski definition) is 2. The average Bonchev–Trinajstić information content (AvgIpc) is 3.08. The molecule has 0 saturated carbocycles. The normalized spacial score (nSPS) is 25.8. The van der Waals surface area contributed by atoms with E-state index < -0.39 is 10.0 Å². The largest absolute Gasteiger partial charge is 0.355 e. The number of rotatable bonds is 3. The van der Waals surface area contributed by atoms with Crippen molar-refractivity contribution in [2.24, 2.45) is 11.8 Å². The standard InChI is InChI=1S/C14H19N3O3S/c1-15-14(18)10-2-4-13(5-3-10)21(19,20)17-8-11-6-16-7-12(11)9-17/h2-5,11-12,16H,6-9H2,1H3,(H,15,18)/t11-,12+. The summed E-state index contributed by atoms with van der Waals surface area (Å²) in [6, 6.07) is 6.10. The van der Waals surface area contributed by atoms with Gasteiger partial charge in [-0.1, -0.05) is 0 Å². The van der Waals surface area contributed by atoms with Crippen molar-refractivity contribution < 1.29 is 13.2 Å². The van der Waals surface area contributed by atoms with Gasteiger partial charge in [0, 0.05) is 25.7 Å². The van der Waals surface area contributed by atoms with Crippen molar-refractivity contribution in [3.05, 3.63) is 29.8 Å². The molecule has 2 aliphatic heterocycles. The molecular weight excluding hydrogens is 290 g/mol. The highest BCUT2D eigenvalue weighted by molar-refractivity contribution is 7.89. The van der Waals surface area contributed by atoms with E-state index in [4.69, 9.17) is 0 Å². The van der Waals surface area contributed by atoms with E-state index in [-0.39, 0.29) is 10.8 Å². The van der Waals surface area contributed by atoms with Gasteiger partial charge < -0.3 is 10.6 Å². The van der Waals surface area contributed by atoms with Gasteiger partial charge in [0.05, 0.1) is 4.90 Å². The van der Waals surface area contributed by atoms with E-state index in [1.807, 2.05) is 0 Å². The lowest BCUT2D eigenvalue weighted by Gasteiger charge is -2.17. The molecule has 2 atom stereocenters. The molecule has 1 aromatic rings. The van der Waals surface area contributed by atoms with Gasteiger partial charge in [-0.25, -0.2) is 8.42 Å². The summed E-state index contributed by atoms with van der Waals surface area (Å²) < 4.78 is 26.8. The summed E-state index contributed by atoms with van der Waals surface area (Å²) in [5.41, 5.74) is 0.457. The van der Waals surface area contributed by atoms with Crippen molar-refractivity contribution in [3.63, 3.8) is 0 Å². The Bertz CT molecular complexity index is 630. The minimum atomic E-state index is -3.46. The first kappa shape index (κ1) is 14.5. The van der Waals surface area contributed by atoms with Crippen LogP contribution in [0.2, 0.25) is 0 Å². The number of fused-ring (bicyclic) bond motifs is 1. The molecule has 2 N–H and O–H groups in total. The fraction of sp³-hybridized carbons (Fsp3) is 0.500. The van der Waals surface area contributed by atoms with Crippen molar-refractivity contribution >= 4 is 15.9 Å². The molecule has 2 heterocycles. The van der Waals surface area contributed by atoms with Crippen LogP contribution in [-0.4, -0.2) is 51.9 Å². The first-order valence-electron chi connectivity index (χ1n) is 7.05. The Morgan fingerprint density at radius 1 is 1.19 bits per heavy atom. The molecule has 0 spiro atoms. The topological polar surface area (TPSA) is 78.5 Å². The van der Waals surface area contributed by atoms with Gasteiger partial charge in [-0.15, -0.1) is 0 Å². The van der Waals surface area contributed by atoms with Crippen LogP contribution in [0, 0.1) is 11.8 Å². The van der Waals surface area contributed by atoms with Crippen molar-refractivity contribution in [2.75, 3.05) is 33.2 Å². The lowest BCUT2D eigenvalue weighted by atomic mass is 10.0. The van der Waals surface area contributed by atoms with Gasteiger partial charge in [-0.05, 0) is 49.2 Å². The van der Waals surface area contributed by atoms with E-state index in [0.29, 0.717) is 30.5 Å². The molecule has 6 nitrogen and oxygen atoms in total. The van der Waals surface area contributed by atoms with Crippen LogP contribution in [0.4, 0.5) is 0 Å². The van der Waals surface area contributed by atoms with Crippen LogP contribution in [0.5, 0.6) is 0 Å². The molecule has 21 heavy (non-hydrogen) atoms. The Kier molecular flexibility index (Phi) is 3.73. The second-order valence-electron chi connectivity index (χ2n) is 5.60. The number of nitrogens with one attached hydrogen (secondary N) is 2. The molecule has 2 aliphatic rings. The molecule has 2 fully saturated rings. The monoisotopic (exact) mass is 309 g/mol. The summed E-state index contributed by atoms with van der Waals surface area (Å²) in [4.78, 5) is 11.7. The Hall–Kier alpha value is -1.44. The van der Waals surface area contributed by atoms with E-state index in [1.54, 1.807) is 23.5 Å². The van der Waals surface area contributed by atoms with Crippen molar-refractivity contribution in [1.82, 2.24) is 14.9 Å². The SMILES string of the molecule is CNC(=O)c1ccc(S(=O)(=O)N2C[C@H]3CNC[C@H]3C2)cc1. The number of amides is 1. The number of carbonyl (C=O) groups excluding carboxylic acids is 1. The van der Waals surface area contributed by atoms with Crippen LogP contribution in [0.25, 0.3) is 0 Å². The lowest BCUT2D eigenvalue weighted by molar-refractivity contribution is 0.0963. The molecule has 0 unspecified atom stereocenters. The first-order valence-corrected chi connectivity index (χ1v) is 8.49. The van der Waals surface area contributed by atoms with Crippen LogP contribution in [-0.2, 0) is 10.0 Å². The Morgan fingerprint density at radius 3 is 2.29 bits per heavy atom. The summed E-state index contributed by atoms with van der Waals surface area (Å²) in [5, 5.41) is 5.81. The lowest BCUT2D eigenvalue weighted by Crippen LogP contribution is -2.32.